The molecular formula is C15H29N5O. The maximum atomic E-state index is 5.51. The van der Waals surface area contributed by atoms with E-state index in [1.54, 1.807) is 0 Å². The minimum Gasteiger partial charge on any atom is -0.374 e. The van der Waals surface area contributed by atoms with Gasteiger partial charge in [0.1, 0.15) is 18.2 Å². The second-order valence-electron chi connectivity index (χ2n) is 5.03. The molecule has 1 rings (SSSR count). The van der Waals surface area contributed by atoms with Gasteiger partial charge >= 0.3 is 0 Å². The molecular weight excluding hydrogens is 266 g/mol. The van der Waals surface area contributed by atoms with E-state index in [4.69, 9.17) is 10.6 Å². The fourth-order valence-corrected chi connectivity index (χ4v) is 2.22. The van der Waals surface area contributed by atoms with E-state index < -0.39 is 0 Å². The van der Waals surface area contributed by atoms with Crippen LogP contribution in [0.3, 0.4) is 0 Å². The molecule has 0 radical (unpaired) electrons. The van der Waals surface area contributed by atoms with Crippen LogP contribution in [0, 0.1) is 5.92 Å². The van der Waals surface area contributed by atoms with Gasteiger partial charge in [0.05, 0.1) is 0 Å². The normalized spacial score (nSPS) is 11.0. The zero-order valence-electron chi connectivity index (χ0n) is 13.7. The van der Waals surface area contributed by atoms with Gasteiger partial charge in [0, 0.05) is 25.8 Å². The number of nitrogens with one attached hydrogen (secondary N) is 1. The van der Waals surface area contributed by atoms with Crippen LogP contribution in [-0.4, -0.2) is 29.7 Å². The molecule has 6 nitrogen and oxygen atoms in total. The number of nitrogens with zero attached hydrogens (tertiary/aromatic N) is 3. The Labute approximate surface area is 128 Å². The Morgan fingerprint density at radius 2 is 1.95 bits per heavy atom. The number of hydrogen-bond donors (Lipinski definition) is 2. The van der Waals surface area contributed by atoms with Crippen molar-refractivity contribution in [1.82, 2.24) is 9.97 Å². The van der Waals surface area contributed by atoms with Crippen LogP contribution in [0.25, 0.3) is 0 Å². The van der Waals surface area contributed by atoms with Gasteiger partial charge in [-0.3, -0.25) is 0 Å². The zero-order valence-corrected chi connectivity index (χ0v) is 13.7. The van der Waals surface area contributed by atoms with E-state index in [2.05, 4.69) is 41.1 Å². The molecule has 0 aliphatic carbocycles. The van der Waals surface area contributed by atoms with Crippen LogP contribution >= 0.6 is 0 Å². The Hall–Kier alpha value is -1.40. The molecule has 1 aromatic rings. The van der Waals surface area contributed by atoms with Gasteiger partial charge in [0.2, 0.25) is 0 Å². The fourth-order valence-electron chi connectivity index (χ4n) is 2.22. The van der Waals surface area contributed by atoms with E-state index in [0.717, 1.165) is 18.9 Å². The van der Waals surface area contributed by atoms with E-state index in [0.29, 0.717) is 30.8 Å². The van der Waals surface area contributed by atoms with Gasteiger partial charge in [0.15, 0.2) is 5.82 Å². The summed E-state index contributed by atoms with van der Waals surface area (Å²) in [5, 5.41) is 0. The highest BCUT2D eigenvalue weighted by Gasteiger charge is 2.14. The highest BCUT2D eigenvalue weighted by molar-refractivity contribution is 5.48. The fraction of sp³-hybridized carbons (Fsp3) is 0.733. The van der Waals surface area contributed by atoms with Gasteiger partial charge in [-0.05, 0) is 19.8 Å². The number of aromatic nitrogens is 2. The SMILES string of the molecule is CCOCc1nc(NN)cc(N(CC)CC(CC)CC)n1. The van der Waals surface area contributed by atoms with Crippen LogP contribution in [0.4, 0.5) is 11.6 Å². The van der Waals surface area contributed by atoms with Crippen molar-refractivity contribution in [2.75, 3.05) is 30.0 Å². The zero-order chi connectivity index (χ0) is 15.7. The summed E-state index contributed by atoms with van der Waals surface area (Å²) in [6.07, 6.45) is 2.35. The highest BCUT2D eigenvalue weighted by Crippen LogP contribution is 2.19. The van der Waals surface area contributed by atoms with E-state index in [9.17, 15) is 0 Å². The molecule has 0 unspecified atom stereocenters. The van der Waals surface area contributed by atoms with Gasteiger partial charge in [-0.25, -0.2) is 15.8 Å². The Kier molecular flexibility index (Phi) is 8.00. The topological polar surface area (TPSA) is 76.3 Å². The number of hydrogen-bond acceptors (Lipinski definition) is 6. The molecule has 21 heavy (non-hydrogen) atoms. The summed E-state index contributed by atoms with van der Waals surface area (Å²) in [7, 11) is 0. The van der Waals surface area contributed by atoms with Crippen LogP contribution < -0.4 is 16.2 Å². The summed E-state index contributed by atoms with van der Waals surface area (Å²) >= 11 is 0. The number of hydrazine groups is 1. The lowest BCUT2D eigenvalue weighted by Crippen LogP contribution is -2.30. The van der Waals surface area contributed by atoms with Crippen LogP contribution in [0.15, 0.2) is 6.07 Å². The molecule has 0 saturated heterocycles. The number of ether oxygens (including phenoxy) is 1. The van der Waals surface area contributed by atoms with Crippen LogP contribution in [-0.2, 0) is 11.3 Å². The summed E-state index contributed by atoms with van der Waals surface area (Å²) in [6, 6.07) is 1.89. The summed E-state index contributed by atoms with van der Waals surface area (Å²) in [5.41, 5.74) is 2.61. The summed E-state index contributed by atoms with van der Waals surface area (Å²) < 4.78 is 5.40. The van der Waals surface area contributed by atoms with Gasteiger partial charge in [-0.1, -0.05) is 26.7 Å². The van der Waals surface area contributed by atoms with Crippen LogP contribution in [0.2, 0.25) is 0 Å². The molecule has 0 saturated carbocycles. The number of nitrogens with two attached hydrogens (primary N) is 1. The largest absolute Gasteiger partial charge is 0.374 e. The van der Waals surface area contributed by atoms with Gasteiger partial charge < -0.3 is 15.1 Å². The lowest BCUT2D eigenvalue weighted by Gasteiger charge is -2.27. The Bertz CT molecular complexity index is 409. The third-order valence-electron chi connectivity index (χ3n) is 3.68. The van der Waals surface area contributed by atoms with Crippen molar-refractivity contribution >= 4 is 11.6 Å². The van der Waals surface area contributed by atoms with Crippen LogP contribution in [0.5, 0.6) is 0 Å². The average molecular weight is 295 g/mol. The van der Waals surface area contributed by atoms with Crippen LogP contribution in [0.1, 0.15) is 46.4 Å². The molecule has 1 aromatic heterocycles. The van der Waals surface area contributed by atoms with Gasteiger partial charge in [0.25, 0.3) is 0 Å². The third kappa shape index (κ3) is 5.47. The first-order valence-electron chi connectivity index (χ1n) is 7.85. The molecule has 0 aromatic carbocycles. The number of anilines is 2. The quantitative estimate of drug-likeness (QED) is 0.510. The second-order valence-corrected chi connectivity index (χ2v) is 5.03. The highest BCUT2D eigenvalue weighted by atomic mass is 16.5. The predicted octanol–water partition coefficient (Wildman–Crippen LogP) is 2.56. The maximum absolute atomic E-state index is 5.51. The van der Waals surface area contributed by atoms with Crippen molar-refractivity contribution in [3.63, 3.8) is 0 Å². The lowest BCUT2D eigenvalue weighted by atomic mass is 10.0. The molecule has 120 valence electrons. The van der Waals surface area contributed by atoms with E-state index in [1.807, 2.05) is 13.0 Å². The second kappa shape index (κ2) is 9.52. The molecule has 0 bridgehead atoms. The van der Waals surface area contributed by atoms with Crippen molar-refractivity contribution in [2.45, 2.75) is 47.1 Å². The maximum Gasteiger partial charge on any atom is 0.158 e. The molecule has 0 aliphatic rings. The van der Waals surface area contributed by atoms with Gasteiger partial charge in [-0.15, -0.1) is 0 Å². The van der Waals surface area contributed by atoms with E-state index >= 15 is 0 Å². The Morgan fingerprint density at radius 3 is 2.48 bits per heavy atom. The van der Waals surface area contributed by atoms with Gasteiger partial charge in [-0.2, -0.15) is 0 Å². The molecule has 0 atom stereocenters. The standard InChI is InChI=1S/C15H29N5O/c1-5-12(6-2)10-20(7-3)15-9-13(19-16)17-14(18-15)11-21-8-4/h9,12H,5-8,10-11,16H2,1-4H3,(H,17,18,19). The summed E-state index contributed by atoms with van der Waals surface area (Å²) in [6.45, 7) is 11.5. The lowest BCUT2D eigenvalue weighted by molar-refractivity contribution is 0.128. The van der Waals surface area contributed by atoms with E-state index in [-0.39, 0.29) is 0 Å². The van der Waals surface area contributed by atoms with Crippen molar-refractivity contribution in [3.05, 3.63) is 11.9 Å². The minimum atomic E-state index is 0.404. The minimum absolute atomic E-state index is 0.404. The predicted molar refractivity (Wildman–Crippen MR) is 87.1 cm³/mol. The van der Waals surface area contributed by atoms with Crippen molar-refractivity contribution in [2.24, 2.45) is 11.8 Å². The Balaban J connectivity index is 2.95. The van der Waals surface area contributed by atoms with Crippen molar-refractivity contribution < 1.29 is 4.74 Å². The molecule has 0 aliphatic heterocycles. The third-order valence-corrected chi connectivity index (χ3v) is 3.68. The Morgan fingerprint density at radius 1 is 1.24 bits per heavy atom. The molecule has 0 spiro atoms. The monoisotopic (exact) mass is 295 g/mol. The smallest absolute Gasteiger partial charge is 0.158 e. The molecule has 1 heterocycles. The molecule has 6 heteroatoms. The number of rotatable bonds is 10. The summed E-state index contributed by atoms with van der Waals surface area (Å²) in [4.78, 5) is 11.2. The molecule has 0 fully saturated rings. The first-order chi connectivity index (χ1) is 10.2. The van der Waals surface area contributed by atoms with Crippen molar-refractivity contribution in [3.8, 4) is 0 Å². The molecule has 0 amide bonds. The first-order valence-corrected chi connectivity index (χ1v) is 7.85. The first kappa shape index (κ1) is 17.7. The number of nitrogen functional groups attached to an aromatic ring is 1. The summed E-state index contributed by atoms with van der Waals surface area (Å²) in [5.74, 6) is 8.37. The average Bonchev–Trinajstić information content (AvgIpc) is 2.53. The van der Waals surface area contributed by atoms with Crippen molar-refractivity contribution in [1.29, 1.82) is 0 Å². The molecule has 3 N–H and O–H groups in total. The van der Waals surface area contributed by atoms with E-state index in [1.165, 1.54) is 12.8 Å².